The van der Waals surface area contributed by atoms with Crippen molar-refractivity contribution in [3.63, 3.8) is 0 Å². The van der Waals surface area contributed by atoms with E-state index in [2.05, 4.69) is 10.3 Å². The first-order chi connectivity index (χ1) is 8.09. The lowest BCUT2D eigenvalue weighted by atomic mass is 10.1. The van der Waals surface area contributed by atoms with Crippen LogP contribution in [0.15, 0.2) is 30.5 Å². The van der Waals surface area contributed by atoms with Crippen molar-refractivity contribution in [1.29, 1.82) is 0 Å². The van der Waals surface area contributed by atoms with E-state index in [9.17, 15) is 4.79 Å². The number of nitrogens with zero attached hydrogens (tertiary/aromatic N) is 1. The molecule has 17 heavy (non-hydrogen) atoms. The number of rotatable bonds is 3. The van der Waals surface area contributed by atoms with Gasteiger partial charge in [-0.25, -0.2) is 4.79 Å². The molecule has 0 aliphatic carbocycles. The van der Waals surface area contributed by atoms with Gasteiger partial charge in [-0.15, -0.1) is 0 Å². The molecule has 0 spiro atoms. The average molecular weight is 230 g/mol. The summed E-state index contributed by atoms with van der Waals surface area (Å²) in [6, 6.07) is 7.67. The molecule has 0 aliphatic heterocycles. The van der Waals surface area contributed by atoms with Gasteiger partial charge < -0.3 is 10.4 Å². The zero-order valence-corrected chi connectivity index (χ0v) is 9.77. The Morgan fingerprint density at radius 3 is 2.71 bits per heavy atom. The largest absolute Gasteiger partial charge is 0.478 e. The fourth-order valence-electron chi connectivity index (χ4n) is 1.75. The number of aromatic carboxylic acids is 1. The fraction of sp³-hybridized carbons (Fsp3) is 0.231. The maximum atomic E-state index is 11.2. The van der Waals surface area contributed by atoms with E-state index in [-0.39, 0.29) is 11.6 Å². The van der Waals surface area contributed by atoms with Crippen molar-refractivity contribution in [2.24, 2.45) is 0 Å². The summed E-state index contributed by atoms with van der Waals surface area (Å²) < 4.78 is 0. The van der Waals surface area contributed by atoms with Crippen LogP contribution in [0.4, 0.5) is 5.69 Å². The molecule has 0 atom stereocenters. The minimum absolute atomic E-state index is 0.166. The van der Waals surface area contributed by atoms with Crippen molar-refractivity contribution in [2.45, 2.75) is 19.9 Å². The molecule has 88 valence electrons. The van der Waals surface area contributed by atoms with Crippen molar-refractivity contribution in [3.8, 4) is 0 Å². The van der Waals surface area contributed by atoms with Crippen molar-refractivity contribution in [2.75, 3.05) is 5.32 Å². The number of aromatic nitrogens is 1. The number of carbonyl (C=O) groups is 1. The molecule has 0 radical (unpaired) electrons. The van der Waals surface area contributed by atoms with Crippen LogP contribution in [-0.2, 0) is 0 Å². The van der Waals surface area contributed by atoms with E-state index in [0.717, 1.165) is 10.9 Å². The Morgan fingerprint density at radius 1 is 1.35 bits per heavy atom. The highest BCUT2D eigenvalue weighted by Crippen LogP contribution is 2.26. The van der Waals surface area contributed by atoms with Crippen molar-refractivity contribution < 1.29 is 9.90 Å². The smallest absolute Gasteiger partial charge is 0.339 e. The first-order valence-corrected chi connectivity index (χ1v) is 5.47. The molecule has 0 unspecified atom stereocenters. The minimum atomic E-state index is -0.966. The highest BCUT2D eigenvalue weighted by atomic mass is 16.4. The number of pyridine rings is 1. The lowest BCUT2D eigenvalue weighted by Gasteiger charge is -2.14. The summed E-state index contributed by atoms with van der Waals surface area (Å²) >= 11 is 0. The zero-order valence-electron chi connectivity index (χ0n) is 9.77. The van der Waals surface area contributed by atoms with Gasteiger partial charge in [0.2, 0.25) is 0 Å². The van der Waals surface area contributed by atoms with Gasteiger partial charge in [0.25, 0.3) is 0 Å². The lowest BCUT2D eigenvalue weighted by Crippen LogP contribution is -2.14. The standard InChI is InChI=1S/C13H14N2O2/c1-8(2)15-12-9-5-3-4-6-11(9)14-7-10(12)13(16)17/h3-8H,1-2H3,(H,14,15)(H,16,17). The number of para-hydroxylation sites is 1. The average Bonchev–Trinajstić information content (AvgIpc) is 2.28. The van der Waals surface area contributed by atoms with Crippen LogP contribution in [-0.4, -0.2) is 22.1 Å². The maximum absolute atomic E-state index is 11.2. The molecule has 1 aromatic heterocycles. The van der Waals surface area contributed by atoms with Crippen LogP contribution in [0, 0.1) is 0 Å². The Kier molecular flexibility index (Phi) is 2.95. The van der Waals surface area contributed by atoms with Gasteiger partial charge in [-0.3, -0.25) is 4.98 Å². The molecule has 2 rings (SSSR count). The molecule has 0 amide bonds. The van der Waals surface area contributed by atoms with Crippen LogP contribution < -0.4 is 5.32 Å². The second kappa shape index (κ2) is 4.41. The normalized spacial score (nSPS) is 10.8. The topological polar surface area (TPSA) is 62.2 Å². The van der Waals surface area contributed by atoms with Gasteiger partial charge in [0, 0.05) is 17.6 Å². The number of anilines is 1. The predicted octanol–water partition coefficient (Wildman–Crippen LogP) is 2.75. The number of fused-ring (bicyclic) bond motifs is 1. The Hall–Kier alpha value is -2.10. The number of nitrogens with one attached hydrogen (secondary N) is 1. The zero-order chi connectivity index (χ0) is 12.4. The summed E-state index contributed by atoms with van der Waals surface area (Å²) in [4.78, 5) is 15.3. The van der Waals surface area contributed by atoms with Crippen LogP contribution in [0.3, 0.4) is 0 Å². The molecule has 2 N–H and O–H groups in total. The minimum Gasteiger partial charge on any atom is -0.478 e. The molecule has 0 saturated carbocycles. The van der Waals surface area contributed by atoms with E-state index >= 15 is 0 Å². The van der Waals surface area contributed by atoms with Gasteiger partial charge in [0.1, 0.15) is 5.56 Å². The third kappa shape index (κ3) is 2.20. The lowest BCUT2D eigenvalue weighted by molar-refractivity contribution is 0.0697. The number of carboxylic acids is 1. The van der Waals surface area contributed by atoms with Crippen LogP contribution in [0.5, 0.6) is 0 Å². The highest BCUT2D eigenvalue weighted by molar-refractivity contribution is 6.04. The fourth-order valence-corrected chi connectivity index (χ4v) is 1.75. The molecule has 0 saturated heterocycles. The van der Waals surface area contributed by atoms with E-state index in [1.165, 1.54) is 6.20 Å². The van der Waals surface area contributed by atoms with E-state index in [1.54, 1.807) is 0 Å². The first kappa shape index (κ1) is 11.4. The molecule has 4 nitrogen and oxygen atoms in total. The molecule has 2 aromatic rings. The molecule has 1 aromatic carbocycles. The Bertz CT molecular complexity index is 564. The third-order valence-corrected chi connectivity index (χ3v) is 2.44. The second-order valence-corrected chi connectivity index (χ2v) is 4.17. The van der Waals surface area contributed by atoms with Gasteiger partial charge in [0.15, 0.2) is 0 Å². The summed E-state index contributed by atoms with van der Waals surface area (Å²) in [6.07, 6.45) is 1.40. The summed E-state index contributed by atoms with van der Waals surface area (Å²) in [5.74, 6) is -0.966. The van der Waals surface area contributed by atoms with Crippen LogP contribution in [0.2, 0.25) is 0 Å². The van der Waals surface area contributed by atoms with Crippen molar-refractivity contribution >= 4 is 22.6 Å². The van der Waals surface area contributed by atoms with E-state index in [4.69, 9.17) is 5.11 Å². The number of carboxylic acid groups (broad SMARTS) is 1. The number of hydrogen-bond acceptors (Lipinski definition) is 3. The third-order valence-electron chi connectivity index (χ3n) is 2.44. The van der Waals surface area contributed by atoms with Crippen LogP contribution in [0.25, 0.3) is 10.9 Å². The summed E-state index contributed by atoms with van der Waals surface area (Å²) in [7, 11) is 0. The molecule has 0 bridgehead atoms. The monoisotopic (exact) mass is 230 g/mol. The van der Waals surface area contributed by atoms with Crippen molar-refractivity contribution in [3.05, 3.63) is 36.0 Å². The van der Waals surface area contributed by atoms with E-state index < -0.39 is 5.97 Å². The molecule has 4 heteroatoms. The van der Waals surface area contributed by atoms with Crippen LogP contribution >= 0.6 is 0 Å². The SMILES string of the molecule is CC(C)Nc1c(C(=O)O)cnc2ccccc12. The first-order valence-electron chi connectivity index (χ1n) is 5.47. The number of hydrogen-bond donors (Lipinski definition) is 2. The molecule has 1 heterocycles. The Balaban J connectivity index is 2.70. The maximum Gasteiger partial charge on any atom is 0.339 e. The summed E-state index contributed by atoms with van der Waals surface area (Å²) in [6.45, 7) is 3.95. The van der Waals surface area contributed by atoms with Crippen molar-refractivity contribution in [1.82, 2.24) is 4.98 Å². The summed E-state index contributed by atoms with van der Waals surface area (Å²) in [5, 5.41) is 13.2. The van der Waals surface area contributed by atoms with E-state index in [0.29, 0.717) is 5.69 Å². The predicted molar refractivity (Wildman–Crippen MR) is 67.5 cm³/mol. The highest BCUT2D eigenvalue weighted by Gasteiger charge is 2.14. The molecule has 0 aliphatic rings. The second-order valence-electron chi connectivity index (χ2n) is 4.17. The summed E-state index contributed by atoms with van der Waals surface area (Å²) in [5.41, 5.74) is 1.64. The Labute approximate surface area is 99.3 Å². The van der Waals surface area contributed by atoms with Gasteiger partial charge >= 0.3 is 5.97 Å². The number of benzene rings is 1. The van der Waals surface area contributed by atoms with Gasteiger partial charge in [-0.05, 0) is 19.9 Å². The van der Waals surface area contributed by atoms with Gasteiger partial charge in [-0.1, -0.05) is 18.2 Å². The molecular weight excluding hydrogens is 216 g/mol. The molecule has 0 fully saturated rings. The van der Waals surface area contributed by atoms with Gasteiger partial charge in [0.05, 0.1) is 11.2 Å². The van der Waals surface area contributed by atoms with Crippen LogP contribution in [0.1, 0.15) is 24.2 Å². The van der Waals surface area contributed by atoms with E-state index in [1.807, 2.05) is 38.1 Å². The molecular formula is C13H14N2O2. The quantitative estimate of drug-likeness (QED) is 0.851. The van der Waals surface area contributed by atoms with Gasteiger partial charge in [-0.2, -0.15) is 0 Å². The Morgan fingerprint density at radius 2 is 2.06 bits per heavy atom.